The number of rotatable bonds is 8. The van der Waals surface area contributed by atoms with Crippen molar-refractivity contribution in [3.63, 3.8) is 0 Å². The van der Waals surface area contributed by atoms with E-state index in [2.05, 4.69) is 0 Å². The molecule has 0 fully saturated rings. The van der Waals surface area contributed by atoms with Gasteiger partial charge in [0.25, 0.3) is 0 Å². The normalized spacial score (nSPS) is 15.7. The van der Waals surface area contributed by atoms with Crippen LogP contribution in [0.1, 0.15) is 20.8 Å². The van der Waals surface area contributed by atoms with Crippen molar-refractivity contribution in [2.75, 3.05) is 13.7 Å². The number of carboxylic acids is 2. The fourth-order valence-corrected chi connectivity index (χ4v) is 2.35. The maximum absolute atomic E-state index is 11.3. The lowest BCUT2D eigenvalue weighted by Crippen LogP contribution is -2.51. The van der Waals surface area contributed by atoms with Crippen LogP contribution in [-0.4, -0.2) is 56.6 Å². The highest BCUT2D eigenvalue weighted by Crippen LogP contribution is 2.37. The van der Waals surface area contributed by atoms with Gasteiger partial charge in [-0.15, -0.1) is 0 Å². The van der Waals surface area contributed by atoms with Gasteiger partial charge in [-0.1, -0.05) is 20.8 Å². The van der Waals surface area contributed by atoms with Crippen molar-refractivity contribution in [2.45, 2.75) is 51.3 Å². The van der Waals surface area contributed by atoms with E-state index in [1.54, 1.807) is 0 Å². The van der Waals surface area contributed by atoms with Crippen molar-refractivity contribution in [1.82, 2.24) is 0 Å². The average Bonchev–Trinajstić information content (AvgIpc) is 2.25. The van der Waals surface area contributed by atoms with Crippen LogP contribution in [-0.2, 0) is 23.5 Å². The Morgan fingerprint density at radius 2 is 1.70 bits per heavy atom. The van der Waals surface area contributed by atoms with Crippen LogP contribution >= 0.6 is 0 Å². The van der Waals surface area contributed by atoms with Gasteiger partial charge in [0.1, 0.15) is 6.61 Å². The van der Waals surface area contributed by atoms with E-state index in [0.717, 1.165) is 0 Å². The standard InChI is InChI=1S/C12H24O7Si/c1-12(2,3)20(5,6)19-9(10(15)16)11(17-4)18-7-8(13)14/h9,11H,7H2,1-6H3,(H,13,14)(H,15,16)/t9-,11+/m1/s1. The molecule has 0 aromatic rings. The zero-order valence-corrected chi connectivity index (χ0v) is 13.8. The minimum atomic E-state index is -2.35. The molecule has 20 heavy (non-hydrogen) atoms. The van der Waals surface area contributed by atoms with Crippen LogP contribution < -0.4 is 0 Å². The summed E-state index contributed by atoms with van der Waals surface area (Å²) in [5, 5.41) is 17.7. The van der Waals surface area contributed by atoms with E-state index in [9.17, 15) is 14.7 Å². The Morgan fingerprint density at radius 3 is 2.00 bits per heavy atom. The minimum absolute atomic E-state index is 0.189. The SMILES string of the molecule is CO[C@@H](OCC(=O)O)[C@H](O[Si](C)(C)C(C)(C)C)C(=O)O. The molecule has 8 heteroatoms. The molecule has 0 aliphatic carbocycles. The lowest BCUT2D eigenvalue weighted by molar-refractivity contribution is -0.198. The number of aliphatic carboxylic acids is 2. The van der Waals surface area contributed by atoms with Crippen LogP contribution in [0.2, 0.25) is 18.1 Å². The number of hydrogen-bond acceptors (Lipinski definition) is 5. The predicted molar refractivity (Wildman–Crippen MR) is 74.1 cm³/mol. The smallest absolute Gasteiger partial charge is 0.337 e. The van der Waals surface area contributed by atoms with Crippen LogP contribution in [0.25, 0.3) is 0 Å². The van der Waals surface area contributed by atoms with Gasteiger partial charge in [0.05, 0.1) is 0 Å². The van der Waals surface area contributed by atoms with E-state index in [0.29, 0.717) is 0 Å². The Kier molecular flexibility index (Phi) is 6.82. The molecule has 0 aliphatic heterocycles. The van der Waals surface area contributed by atoms with Gasteiger partial charge in [-0.3, -0.25) is 0 Å². The van der Waals surface area contributed by atoms with Gasteiger partial charge in [-0.2, -0.15) is 0 Å². The van der Waals surface area contributed by atoms with E-state index in [1.807, 2.05) is 33.9 Å². The first-order valence-electron chi connectivity index (χ1n) is 6.19. The third-order valence-electron chi connectivity index (χ3n) is 3.32. The summed E-state index contributed by atoms with van der Waals surface area (Å²) < 4.78 is 15.6. The quantitative estimate of drug-likeness (QED) is 0.518. The fraction of sp³-hybridized carbons (Fsp3) is 0.833. The lowest BCUT2D eigenvalue weighted by Gasteiger charge is -2.39. The van der Waals surface area contributed by atoms with Crippen LogP contribution in [0.4, 0.5) is 0 Å². The number of carbonyl (C=O) groups is 2. The van der Waals surface area contributed by atoms with Crippen LogP contribution in [0, 0.1) is 0 Å². The molecule has 0 aromatic heterocycles. The third-order valence-corrected chi connectivity index (χ3v) is 7.78. The van der Waals surface area contributed by atoms with Gasteiger partial charge in [-0.25, -0.2) is 9.59 Å². The van der Waals surface area contributed by atoms with E-state index >= 15 is 0 Å². The molecule has 0 heterocycles. The molecule has 2 atom stereocenters. The van der Waals surface area contributed by atoms with Gasteiger partial charge >= 0.3 is 11.9 Å². The summed E-state index contributed by atoms with van der Waals surface area (Å²) in [6.45, 7) is 9.05. The maximum Gasteiger partial charge on any atom is 0.337 e. The van der Waals surface area contributed by atoms with Crippen LogP contribution in [0.5, 0.6) is 0 Å². The molecule has 7 nitrogen and oxygen atoms in total. The van der Waals surface area contributed by atoms with Crippen molar-refractivity contribution in [1.29, 1.82) is 0 Å². The fourth-order valence-electron chi connectivity index (χ4n) is 1.15. The first-order valence-corrected chi connectivity index (χ1v) is 9.10. The molecule has 0 unspecified atom stereocenters. The summed E-state index contributed by atoms with van der Waals surface area (Å²) in [6.07, 6.45) is -2.63. The van der Waals surface area contributed by atoms with Crippen LogP contribution in [0.3, 0.4) is 0 Å². The van der Waals surface area contributed by atoms with Gasteiger partial charge < -0.3 is 24.1 Å². The highest BCUT2D eigenvalue weighted by molar-refractivity contribution is 6.74. The molecule has 2 N–H and O–H groups in total. The highest BCUT2D eigenvalue weighted by Gasteiger charge is 2.43. The van der Waals surface area contributed by atoms with Crippen molar-refractivity contribution in [3.8, 4) is 0 Å². The Labute approximate surface area is 120 Å². The molecular formula is C12H24O7Si. The lowest BCUT2D eigenvalue weighted by atomic mass is 10.2. The monoisotopic (exact) mass is 308 g/mol. The first kappa shape index (κ1) is 19.0. The molecule has 0 radical (unpaired) electrons. The number of ether oxygens (including phenoxy) is 2. The molecule has 118 valence electrons. The molecule has 0 saturated carbocycles. The van der Waals surface area contributed by atoms with Gasteiger partial charge in [0.2, 0.25) is 0 Å². The molecule has 0 saturated heterocycles. The number of methoxy groups -OCH3 is 1. The number of hydrogen-bond donors (Lipinski definition) is 2. The average molecular weight is 308 g/mol. The van der Waals surface area contributed by atoms with Crippen molar-refractivity contribution in [3.05, 3.63) is 0 Å². The van der Waals surface area contributed by atoms with Crippen molar-refractivity contribution < 1.29 is 33.7 Å². The van der Waals surface area contributed by atoms with E-state index in [4.69, 9.17) is 19.0 Å². The Morgan fingerprint density at radius 1 is 1.20 bits per heavy atom. The largest absolute Gasteiger partial charge is 0.480 e. The summed E-state index contributed by atoms with van der Waals surface area (Å²) in [5.41, 5.74) is 0. The van der Waals surface area contributed by atoms with Crippen LogP contribution in [0.15, 0.2) is 0 Å². The predicted octanol–water partition coefficient (Wildman–Crippen LogP) is 1.54. The first-order chi connectivity index (χ1) is 8.92. The Balaban J connectivity index is 5.04. The van der Waals surface area contributed by atoms with Crippen molar-refractivity contribution in [2.24, 2.45) is 0 Å². The zero-order valence-electron chi connectivity index (χ0n) is 12.8. The van der Waals surface area contributed by atoms with Gasteiger partial charge in [0, 0.05) is 7.11 Å². The molecular weight excluding hydrogens is 284 g/mol. The van der Waals surface area contributed by atoms with E-state index < -0.39 is 39.3 Å². The second-order valence-electron chi connectivity index (χ2n) is 5.95. The molecule has 0 amide bonds. The molecule has 0 aromatic carbocycles. The zero-order chi connectivity index (χ0) is 16.1. The van der Waals surface area contributed by atoms with Gasteiger partial charge in [0.15, 0.2) is 20.7 Å². The summed E-state index contributed by atoms with van der Waals surface area (Å²) >= 11 is 0. The molecule has 0 bridgehead atoms. The van der Waals surface area contributed by atoms with E-state index in [-0.39, 0.29) is 5.04 Å². The maximum atomic E-state index is 11.3. The Hall–Kier alpha value is -0.963. The molecule has 0 rings (SSSR count). The summed E-state index contributed by atoms with van der Waals surface area (Å²) in [6, 6.07) is 0. The summed E-state index contributed by atoms with van der Waals surface area (Å²) in [5.74, 6) is -2.45. The second-order valence-corrected chi connectivity index (χ2v) is 10.7. The van der Waals surface area contributed by atoms with E-state index in [1.165, 1.54) is 7.11 Å². The second kappa shape index (κ2) is 7.16. The summed E-state index contributed by atoms with van der Waals surface area (Å²) in [7, 11) is -1.11. The minimum Gasteiger partial charge on any atom is -0.480 e. The molecule has 0 aliphatic rings. The van der Waals surface area contributed by atoms with Gasteiger partial charge in [-0.05, 0) is 18.1 Å². The van der Waals surface area contributed by atoms with Crippen molar-refractivity contribution >= 4 is 20.3 Å². The Bertz CT molecular complexity index is 348. The third kappa shape index (κ3) is 5.57. The number of carboxylic acid groups (broad SMARTS) is 2. The highest BCUT2D eigenvalue weighted by atomic mass is 28.4. The summed E-state index contributed by atoms with van der Waals surface area (Å²) in [4.78, 5) is 21.8. The molecule has 0 spiro atoms. The topological polar surface area (TPSA) is 102 Å².